The van der Waals surface area contributed by atoms with Crippen molar-refractivity contribution < 1.29 is 5.11 Å². The minimum absolute atomic E-state index is 0.539. The highest BCUT2D eigenvalue weighted by Gasteiger charge is 2.03. The fourth-order valence-corrected chi connectivity index (χ4v) is 2.08. The molecular weight excluding hydrogens is 256 g/mol. The minimum Gasteiger partial charge on any atom is -0.387 e. The first-order chi connectivity index (χ1) is 8.15. The molecule has 0 aromatic carbocycles. The lowest BCUT2D eigenvalue weighted by Crippen LogP contribution is -1.94. The minimum atomic E-state index is -0.539. The van der Waals surface area contributed by atoms with E-state index in [1.807, 2.05) is 18.2 Å². The molecular formula is C12H11ClN2OS. The fraction of sp³-hybridized carbons (Fsp3) is 0.167. The quantitative estimate of drug-likeness (QED) is 0.926. The van der Waals surface area contributed by atoms with Gasteiger partial charge in [0, 0.05) is 17.3 Å². The summed E-state index contributed by atoms with van der Waals surface area (Å²) in [6.45, 7) is 1.69. The van der Waals surface area contributed by atoms with Gasteiger partial charge in [-0.1, -0.05) is 23.4 Å². The van der Waals surface area contributed by atoms with Gasteiger partial charge >= 0.3 is 0 Å². The normalized spacial score (nSPS) is 12.4. The SMILES string of the molecule is CC(O)c1ccc(Sc2ccc(Cl)cn2)cn1. The summed E-state index contributed by atoms with van der Waals surface area (Å²) in [7, 11) is 0. The van der Waals surface area contributed by atoms with E-state index in [2.05, 4.69) is 9.97 Å². The van der Waals surface area contributed by atoms with Crippen molar-refractivity contribution in [1.29, 1.82) is 0 Å². The van der Waals surface area contributed by atoms with Crippen LogP contribution in [0.25, 0.3) is 0 Å². The van der Waals surface area contributed by atoms with Gasteiger partial charge in [-0.05, 0) is 31.2 Å². The topological polar surface area (TPSA) is 46.0 Å². The van der Waals surface area contributed by atoms with Crippen molar-refractivity contribution >= 4 is 23.4 Å². The molecule has 3 nitrogen and oxygen atoms in total. The van der Waals surface area contributed by atoms with Crippen LogP contribution in [0, 0.1) is 0 Å². The Hall–Kier alpha value is -1.10. The predicted molar refractivity (Wildman–Crippen MR) is 68.2 cm³/mol. The van der Waals surface area contributed by atoms with Crippen molar-refractivity contribution in [2.45, 2.75) is 22.9 Å². The molecule has 5 heteroatoms. The van der Waals surface area contributed by atoms with Crippen LogP contribution < -0.4 is 0 Å². The third-order valence-electron chi connectivity index (χ3n) is 2.11. The van der Waals surface area contributed by atoms with E-state index in [1.165, 1.54) is 11.8 Å². The molecule has 1 N–H and O–H groups in total. The summed E-state index contributed by atoms with van der Waals surface area (Å²) in [4.78, 5) is 9.33. The van der Waals surface area contributed by atoms with Gasteiger partial charge in [-0.25, -0.2) is 4.98 Å². The summed E-state index contributed by atoms with van der Waals surface area (Å²) in [6.07, 6.45) is 2.80. The number of pyridine rings is 2. The van der Waals surface area contributed by atoms with Crippen molar-refractivity contribution in [2.75, 3.05) is 0 Å². The maximum atomic E-state index is 9.34. The van der Waals surface area contributed by atoms with Gasteiger partial charge in [0.05, 0.1) is 16.8 Å². The van der Waals surface area contributed by atoms with Crippen LogP contribution >= 0.6 is 23.4 Å². The summed E-state index contributed by atoms with van der Waals surface area (Å²) in [6, 6.07) is 7.38. The van der Waals surface area contributed by atoms with Crippen LogP contribution in [0.1, 0.15) is 18.7 Å². The van der Waals surface area contributed by atoms with Crippen molar-refractivity contribution in [2.24, 2.45) is 0 Å². The smallest absolute Gasteiger partial charge is 0.101 e. The molecule has 2 aromatic heterocycles. The zero-order valence-corrected chi connectivity index (χ0v) is 10.7. The highest BCUT2D eigenvalue weighted by molar-refractivity contribution is 7.99. The third-order valence-corrected chi connectivity index (χ3v) is 3.26. The molecule has 0 saturated carbocycles. The molecule has 0 bridgehead atoms. The van der Waals surface area contributed by atoms with Gasteiger partial charge < -0.3 is 5.11 Å². The molecule has 2 aromatic rings. The Kier molecular flexibility index (Phi) is 3.99. The lowest BCUT2D eigenvalue weighted by molar-refractivity contribution is 0.194. The van der Waals surface area contributed by atoms with E-state index < -0.39 is 6.10 Å². The van der Waals surface area contributed by atoms with Gasteiger partial charge in [0.1, 0.15) is 5.03 Å². The third kappa shape index (κ3) is 3.43. The molecule has 2 heterocycles. The Morgan fingerprint density at radius 1 is 1.18 bits per heavy atom. The van der Waals surface area contributed by atoms with E-state index in [0.29, 0.717) is 10.7 Å². The lowest BCUT2D eigenvalue weighted by atomic mass is 10.2. The van der Waals surface area contributed by atoms with Crippen LogP contribution in [-0.2, 0) is 0 Å². The second kappa shape index (κ2) is 5.49. The molecule has 0 aliphatic heterocycles. The van der Waals surface area contributed by atoms with Crippen LogP contribution in [0.3, 0.4) is 0 Å². The van der Waals surface area contributed by atoms with E-state index in [-0.39, 0.29) is 0 Å². The van der Waals surface area contributed by atoms with Gasteiger partial charge in [-0.2, -0.15) is 0 Å². The zero-order chi connectivity index (χ0) is 12.3. The number of hydrogen-bond donors (Lipinski definition) is 1. The van der Waals surface area contributed by atoms with Gasteiger partial charge in [0.2, 0.25) is 0 Å². The van der Waals surface area contributed by atoms with Crippen LogP contribution in [0.5, 0.6) is 0 Å². The first kappa shape index (κ1) is 12.4. The largest absolute Gasteiger partial charge is 0.387 e. The number of aliphatic hydroxyl groups excluding tert-OH is 1. The average molecular weight is 267 g/mol. The highest BCUT2D eigenvalue weighted by Crippen LogP contribution is 2.26. The first-order valence-corrected chi connectivity index (χ1v) is 6.28. The molecule has 2 rings (SSSR count). The molecule has 0 fully saturated rings. The molecule has 88 valence electrons. The fourth-order valence-electron chi connectivity index (χ4n) is 1.24. The van der Waals surface area contributed by atoms with Crippen LogP contribution in [-0.4, -0.2) is 15.1 Å². The zero-order valence-electron chi connectivity index (χ0n) is 9.17. The van der Waals surface area contributed by atoms with Crippen molar-refractivity contribution in [3.63, 3.8) is 0 Å². The van der Waals surface area contributed by atoms with Crippen molar-refractivity contribution in [3.05, 3.63) is 47.4 Å². The second-order valence-electron chi connectivity index (χ2n) is 3.51. The number of hydrogen-bond acceptors (Lipinski definition) is 4. The molecule has 0 aliphatic rings. The summed E-state index contributed by atoms with van der Waals surface area (Å²) >= 11 is 7.26. The molecule has 1 unspecified atom stereocenters. The average Bonchev–Trinajstić information content (AvgIpc) is 2.33. The molecule has 1 atom stereocenters. The molecule has 0 spiro atoms. The Morgan fingerprint density at radius 3 is 2.53 bits per heavy atom. The summed E-state index contributed by atoms with van der Waals surface area (Å²) in [5.41, 5.74) is 0.665. The molecule has 17 heavy (non-hydrogen) atoms. The second-order valence-corrected chi connectivity index (χ2v) is 5.04. The summed E-state index contributed by atoms with van der Waals surface area (Å²) < 4.78 is 0. The molecule has 0 aliphatic carbocycles. The first-order valence-electron chi connectivity index (χ1n) is 5.08. The van der Waals surface area contributed by atoms with Crippen molar-refractivity contribution in [3.8, 4) is 0 Å². The number of nitrogens with zero attached hydrogens (tertiary/aromatic N) is 2. The Labute approximate surface area is 109 Å². The standard InChI is InChI=1S/C12H11ClN2OS/c1-8(16)11-4-3-10(7-14-11)17-12-5-2-9(13)6-15-12/h2-8,16H,1H3. The van der Waals surface area contributed by atoms with E-state index >= 15 is 0 Å². The Bertz CT molecular complexity index is 485. The number of aromatic nitrogens is 2. The lowest BCUT2D eigenvalue weighted by Gasteiger charge is -2.04. The summed E-state index contributed by atoms with van der Waals surface area (Å²) in [5, 5.41) is 10.8. The predicted octanol–water partition coefficient (Wildman–Crippen LogP) is 3.33. The van der Waals surface area contributed by atoms with E-state index in [4.69, 9.17) is 11.6 Å². The Balaban J connectivity index is 2.11. The van der Waals surface area contributed by atoms with Gasteiger partial charge in [-0.3, -0.25) is 4.98 Å². The van der Waals surface area contributed by atoms with E-state index in [1.54, 1.807) is 25.4 Å². The van der Waals surface area contributed by atoms with Crippen LogP contribution in [0.15, 0.2) is 46.6 Å². The number of rotatable bonds is 3. The Morgan fingerprint density at radius 2 is 2.00 bits per heavy atom. The van der Waals surface area contributed by atoms with Gasteiger partial charge in [0.15, 0.2) is 0 Å². The van der Waals surface area contributed by atoms with Gasteiger partial charge in [-0.15, -0.1) is 0 Å². The maximum Gasteiger partial charge on any atom is 0.101 e. The monoisotopic (exact) mass is 266 g/mol. The molecule has 0 amide bonds. The molecule has 0 saturated heterocycles. The summed E-state index contributed by atoms with van der Waals surface area (Å²) in [5.74, 6) is 0. The maximum absolute atomic E-state index is 9.34. The molecule has 0 radical (unpaired) electrons. The van der Waals surface area contributed by atoms with Crippen molar-refractivity contribution in [1.82, 2.24) is 9.97 Å². The van der Waals surface area contributed by atoms with E-state index in [9.17, 15) is 5.11 Å². The van der Waals surface area contributed by atoms with Crippen LogP contribution in [0.4, 0.5) is 0 Å². The number of aliphatic hydroxyl groups is 1. The number of halogens is 1. The van der Waals surface area contributed by atoms with E-state index in [0.717, 1.165) is 9.92 Å². The highest BCUT2D eigenvalue weighted by atomic mass is 35.5. The van der Waals surface area contributed by atoms with Crippen LogP contribution in [0.2, 0.25) is 5.02 Å². The van der Waals surface area contributed by atoms with Gasteiger partial charge in [0.25, 0.3) is 0 Å².